The van der Waals surface area contributed by atoms with Gasteiger partial charge in [0, 0.05) is 17.7 Å². The molecule has 9 rings (SSSR count). The van der Waals surface area contributed by atoms with Gasteiger partial charge < -0.3 is 0 Å². The van der Waals surface area contributed by atoms with Gasteiger partial charge in [0.1, 0.15) is 0 Å². The molecule has 1 nitrogen and oxygen atoms in total. The van der Waals surface area contributed by atoms with Crippen molar-refractivity contribution in [3.8, 4) is 66.9 Å². The first-order chi connectivity index (χ1) is 40.5. The molecule has 0 unspecified atom stereocenters. The van der Waals surface area contributed by atoms with Crippen LogP contribution >= 0.6 is 0 Å². The highest BCUT2D eigenvalue weighted by Crippen LogP contribution is 2.45. The Kier molecular flexibility index (Phi) is 18.1. The molecule has 0 aliphatic heterocycles. The van der Waals surface area contributed by atoms with Gasteiger partial charge in [-0.3, -0.25) is 4.98 Å². The summed E-state index contributed by atoms with van der Waals surface area (Å²) in [5, 5.41) is 0. The first kappa shape index (κ1) is 64.4. The molecule has 87 heavy (non-hydrogen) atoms. The van der Waals surface area contributed by atoms with Gasteiger partial charge in [-0.2, -0.15) is 0 Å². The summed E-state index contributed by atoms with van der Waals surface area (Å²) in [7, 11) is 0. The Hall–Kier alpha value is -7.09. The fourth-order valence-electron chi connectivity index (χ4n) is 15.3. The summed E-state index contributed by atoms with van der Waals surface area (Å²) in [6.45, 7) is 47.4. The molecule has 1 heterocycles. The van der Waals surface area contributed by atoms with Crippen molar-refractivity contribution >= 4 is 0 Å². The number of nitrogens with zero attached hydrogens (tertiary/aromatic N) is 1. The van der Waals surface area contributed by atoms with E-state index < -0.39 is 0 Å². The molecule has 0 saturated heterocycles. The van der Waals surface area contributed by atoms with Gasteiger partial charge in [-0.15, -0.1) is 0 Å². The van der Waals surface area contributed by atoms with Crippen LogP contribution in [0.3, 0.4) is 0 Å². The summed E-state index contributed by atoms with van der Waals surface area (Å²) < 4.78 is 0. The van der Waals surface area contributed by atoms with Crippen LogP contribution in [0.4, 0.5) is 0 Å². The zero-order valence-corrected chi connectivity index (χ0v) is 57.0. The van der Waals surface area contributed by atoms with Crippen molar-refractivity contribution in [3.63, 3.8) is 0 Å². The zero-order chi connectivity index (χ0) is 63.1. The number of aromatic nitrogens is 1. The summed E-state index contributed by atoms with van der Waals surface area (Å²) >= 11 is 0. The standard InChI is InChI=1S/C86H103N/c1-79(2,3)55-83(13,14)73-39-31-60(32-40-73)67-49-68(61-33-41-74(42-34-61)84(15,16)56-80(4,5)6)52-71(51-67)72-53-69(50-70(54-72)65-24-23-25-66(48-65)77-26-21-22-47-87-77)59-27-29-62(30-28-59)78(63-35-43-75(44-36-63)85(17,18)57-81(7,8)9)64-37-45-76(46-38-64)86(19,20)58-82(10,11)12/h21-54,78H,55-58H2,1-20H3. The summed E-state index contributed by atoms with van der Waals surface area (Å²) in [6, 6.07) is 77.1. The summed E-state index contributed by atoms with van der Waals surface area (Å²) in [4.78, 5) is 4.78. The Morgan fingerprint density at radius 3 is 0.793 bits per heavy atom. The van der Waals surface area contributed by atoms with E-state index in [2.05, 4.69) is 333 Å². The molecule has 1 aromatic heterocycles. The van der Waals surface area contributed by atoms with Gasteiger partial charge >= 0.3 is 0 Å². The average molecular weight is 1150 g/mol. The van der Waals surface area contributed by atoms with Crippen molar-refractivity contribution in [2.75, 3.05) is 0 Å². The van der Waals surface area contributed by atoms with Gasteiger partial charge in [0.15, 0.2) is 0 Å². The molecule has 0 aliphatic carbocycles. The van der Waals surface area contributed by atoms with Crippen LogP contribution in [0.15, 0.2) is 206 Å². The van der Waals surface area contributed by atoms with Crippen molar-refractivity contribution in [3.05, 3.63) is 245 Å². The second kappa shape index (κ2) is 24.5. The Morgan fingerprint density at radius 1 is 0.241 bits per heavy atom. The molecule has 0 saturated carbocycles. The van der Waals surface area contributed by atoms with E-state index in [1.807, 2.05) is 12.3 Å². The lowest BCUT2D eigenvalue weighted by Crippen LogP contribution is -2.25. The average Bonchev–Trinajstić information content (AvgIpc) is 1.71. The third kappa shape index (κ3) is 16.4. The minimum Gasteiger partial charge on any atom is -0.256 e. The highest BCUT2D eigenvalue weighted by atomic mass is 14.7. The SMILES string of the molecule is CC(C)(C)CC(C)(C)c1ccc(-c2cc(-c3ccc(C(C)(C)CC(C)(C)C)cc3)cc(-c3cc(-c4ccc(C(c5ccc(C(C)(C)CC(C)(C)C)cc5)c5ccc(C(C)(C)CC(C)(C)C)cc5)cc4)cc(-c4cccc(-c5ccccn5)c4)c3)c2)cc1. The molecule has 0 fully saturated rings. The van der Waals surface area contributed by atoms with Crippen LogP contribution in [0.1, 0.15) is 209 Å². The van der Waals surface area contributed by atoms with E-state index in [1.165, 1.54) is 83.5 Å². The lowest BCUT2D eigenvalue weighted by Gasteiger charge is -2.33. The quantitative estimate of drug-likeness (QED) is 0.0828. The van der Waals surface area contributed by atoms with Crippen LogP contribution in [-0.2, 0) is 21.7 Å². The molecule has 452 valence electrons. The lowest BCUT2D eigenvalue weighted by molar-refractivity contribution is 0.283. The Balaban J connectivity index is 1.19. The van der Waals surface area contributed by atoms with E-state index in [0.717, 1.165) is 48.1 Å². The van der Waals surface area contributed by atoms with Crippen molar-refractivity contribution < 1.29 is 0 Å². The van der Waals surface area contributed by atoms with E-state index in [9.17, 15) is 0 Å². The largest absolute Gasteiger partial charge is 0.256 e. The van der Waals surface area contributed by atoms with Crippen LogP contribution in [0.25, 0.3) is 66.9 Å². The number of rotatable bonds is 17. The Morgan fingerprint density at radius 2 is 0.494 bits per heavy atom. The molecular weight excluding hydrogens is 1050 g/mol. The fraction of sp³-hybridized carbons (Fsp3) is 0.384. The molecule has 8 aromatic carbocycles. The van der Waals surface area contributed by atoms with E-state index in [0.29, 0.717) is 0 Å². The summed E-state index contributed by atoms with van der Waals surface area (Å²) in [6.07, 6.45) is 6.30. The highest BCUT2D eigenvalue weighted by Gasteiger charge is 2.32. The van der Waals surface area contributed by atoms with Gasteiger partial charge in [-0.1, -0.05) is 284 Å². The summed E-state index contributed by atoms with van der Waals surface area (Å²) in [5.41, 5.74) is 24.4. The predicted octanol–water partition coefficient (Wildman–Crippen LogP) is 25.1. The topological polar surface area (TPSA) is 12.9 Å². The zero-order valence-electron chi connectivity index (χ0n) is 57.0. The number of hydrogen-bond acceptors (Lipinski definition) is 1. The lowest BCUT2D eigenvalue weighted by atomic mass is 9.71. The van der Waals surface area contributed by atoms with Crippen molar-refractivity contribution in [1.82, 2.24) is 4.98 Å². The maximum absolute atomic E-state index is 4.78. The van der Waals surface area contributed by atoms with E-state index in [4.69, 9.17) is 4.98 Å². The van der Waals surface area contributed by atoms with Gasteiger partial charge in [0.2, 0.25) is 0 Å². The van der Waals surface area contributed by atoms with Gasteiger partial charge in [0.25, 0.3) is 0 Å². The summed E-state index contributed by atoms with van der Waals surface area (Å²) in [5.74, 6) is 0.0493. The van der Waals surface area contributed by atoms with Gasteiger partial charge in [0.05, 0.1) is 5.69 Å². The molecule has 1 heteroatoms. The van der Waals surface area contributed by atoms with Crippen LogP contribution in [0.5, 0.6) is 0 Å². The number of hydrogen-bond donors (Lipinski definition) is 0. The number of pyridine rings is 1. The maximum atomic E-state index is 4.78. The first-order valence-corrected chi connectivity index (χ1v) is 32.4. The predicted molar refractivity (Wildman–Crippen MR) is 379 cm³/mol. The fourth-order valence-corrected chi connectivity index (χ4v) is 15.3. The van der Waals surface area contributed by atoms with Crippen LogP contribution in [-0.4, -0.2) is 4.98 Å². The molecule has 9 aromatic rings. The third-order valence-corrected chi connectivity index (χ3v) is 17.9. The molecule has 0 bridgehead atoms. The Bertz CT molecular complexity index is 3600. The molecule has 0 N–H and O–H groups in total. The molecule has 0 aliphatic rings. The molecule has 0 amide bonds. The van der Waals surface area contributed by atoms with E-state index in [1.54, 1.807) is 0 Å². The van der Waals surface area contributed by atoms with E-state index in [-0.39, 0.29) is 49.2 Å². The smallest absolute Gasteiger partial charge is 0.0702 e. The normalized spacial score (nSPS) is 13.1. The van der Waals surface area contributed by atoms with Crippen molar-refractivity contribution in [1.29, 1.82) is 0 Å². The second-order valence-electron chi connectivity index (χ2n) is 33.3. The minimum atomic E-state index is 0.0414. The van der Waals surface area contributed by atoms with Crippen molar-refractivity contribution in [2.24, 2.45) is 21.7 Å². The van der Waals surface area contributed by atoms with Gasteiger partial charge in [-0.25, -0.2) is 0 Å². The van der Waals surface area contributed by atoms with E-state index >= 15 is 0 Å². The highest BCUT2D eigenvalue weighted by molar-refractivity contribution is 5.87. The minimum absolute atomic E-state index is 0.0414. The number of benzene rings is 8. The van der Waals surface area contributed by atoms with Crippen LogP contribution in [0.2, 0.25) is 0 Å². The third-order valence-electron chi connectivity index (χ3n) is 17.9. The Labute approximate surface area is 527 Å². The molecule has 0 radical (unpaired) electrons. The van der Waals surface area contributed by atoms with Crippen LogP contribution < -0.4 is 0 Å². The first-order valence-electron chi connectivity index (χ1n) is 32.4. The molecule has 0 atom stereocenters. The maximum Gasteiger partial charge on any atom is 0.0702 e. The molecule has 0 spiro atoms. The van der Waals surface area contributed by atoms with Crippen LogP contribution in [0, 0.1) is 21.7 Å². The second-order valence-corrected chi connectivity index (χ2v) is 33.3. The monoisotopic (exact) mass is 1150 g/mol. The van der Waals surface area contributed by atoms with Gasteiger partial charge in [-0.05, 0) is 218 Å². The van der Waals surface area contributed by atoms with Crippen molar-refractivity contribution in [2.45, 2.75) is 192 Å². The molecular formula is C86H103N.